The third-order valence-corrected chi connectivity index (χ3v) is 7.83. The van der Waals surface area contributed by atoms with Crippen molar-refractivity contribution in [3.8, 4) is 6.07 Å². The van der Waals surface area contributed by atoms with Crippen LogP contribution in [0.25, 0.3) is 21.9 Å². The molecule has 3 aromatic heterocycles. The molecule has 0 atom stereocenters. The maximum atomic E-state index is 13.0. The lowest BCUT2D eigenvalue weighted by Gasteiger charge is -2.17. The molecule has 1 aromatic carbocycles. The number of rotatable bonds is 7. The molecule has 8 nitrogen and oxygen atoms in total. The number of fused-ring (bicyclic) bond motifs is 2. The molecule has 0 radical (unpaired) electrons. The smallest absolute Gasteiger partial charge is 0.270 e. The van der Waals surface area contributed by atoms with Gasteiger partial charge in [0.15, 0.2) is 0 Å². The second kappa shape index (κ2) is 8.51. The fraction of sp³-hybridized carbons (Fsp3) is 0.407. The number of nitriles is 1. The molecule has 2 saturated carbocycles. The highest BCUT2D eigenvalue weighted by Gasteiger charge is 2.40. The van der Waals surface area contributed by atoms with E-state index in [0.29, 0.717) is 22.5 Å². The van der Waals surface area contributed by atoms with E-state index in [4.69, 9.17) is 4.98 Å². The zero-order chi connectivity index (χ0) is 24.0. The first kappa shape index (κ1) is 21.8. The standard InChI is InChI=1S/C27H29N7O/c1-29-27(9-10-27)11-13-33-12-8-18-15-21(6-7-23(18)33)31-26-30-17-20-14-19(16-28)25(35)34(24(20)32-26)22-4-2-3-5-22/h6-8,12,14-15,17,22,29H,2-5,9-11,13H2,1H3,(H,30,31,32). The first-order valence-electron chi connectivity index (χ1n) is 12.5. The van der Waals surface area contributed by atoms with Crippen molar-refractivity contribution in [2.24, 2.45) is 0 Å². The summed E-state index contributed by atoms with van der Waals surface area (Å²) in [4.78, 5) is 22.2. The summed E-state index contributed by atoms with van der Waals surface area (Å²) in [5.74, 6) is 0.442. The minimum absolute atomic E-state index is 0.0786. The van der Waals surface area contributed by atoms with E-state index in [0.717, 1.165) is 49.7 Å². The van der Waals surface area contributed by atoms with Gasteiger partial charge in [-0.05, 0) is 69.5 Å². The molecule has 35 heavy (non-hydrogen) atoms. The van der Waals surface area contributed by atoms with E-state index < -0.39 is 0 Å². The first-order chi connectivity index (χ1) is 17.1. The normalized spacial score (nSPS) is 17.1. The number of hydrogen-bond donors (Lipinski definition) is 2. The maximum absolute atomic E-state index is 13.0. The van der Waals surface area contributed by atoms with Gasteiger partial charge in [-0.2, -0.15) is 10.2 Å². The Bertz CT molecular complexity index is 1520. The van der Waals surface area contributed by atoms with E-state index in [1.165, 1.54) is 18.4 Å². The SMILES string of the molecule is CNC1(CCn2ccc3cc(Nc4ncc5cc(C#N)c(=O)n(C6CCCC6)c5n4)ccc32)CC1. The number of benzene rings is 1. The van der Waals surface area contributed by atoms with Crippen molar-refractivity contribution in [3.05, 3.63) is 58.6 Å². The molecule has 0 amide bonds. The number of aryl methyl sites for hydroxylation is 1. The summed E-state index contributed by atoms with van der Waals surface area (Å²) in [5, 5.41) is 18.1. The van der Waals surface area contributed by atoms with Crippen LogP contribution >= 0.6 is 0 Å². The Labute approximate surface area is 203 Å². The van der Waals surface area contributed by atoms with Crippen LogP contribution in [0.1, 0.15) is 56.6 Å². The van der Waals surface area contributed by atoms with Crippen LogP contribution in [0.15, 0.2) is 47.5 Å². The van der Waals surface area contributed by atoms with Gasteiger partial charge in [0.05, 0.1) is 0 Å². The maximum Gasteiger partial charge on any atom is 0.270 e. The number of anilines is 2. The summed E-state index contributed by atoms with van der Waals surface area (Å²) in [6, 6.07) is 12.1. The molecule has 0 unspecified atom stereocenters. The topological polar surface area (TPSA) is 101 Å². The molecule has 0 spiro atoms. The zero-order valence-electron chi connectivity index (χ0n) is 19.9. The molecule has 0 saturated heterocycles. The first-order valence-corrected chi connectivity index (χ1v) is 12.5. The summed E-state index contributed by atoms with van der Waals surface area (Å²) in [7, 11) is 2.06. The number of nitrogens with zero attached hydrogens (tertiary/aromatic N) is 5. The van der Waals surface area contributed by atoms with Gasteiger partial charge in [-0.3, -0.25) is 9.36 Å². The van der Waals surface area contributed by atoms with E-state index in [1.807, 2.05) is 12.1 Å². The lowest BCUT2D eigenvalue weighted by atomic mass is 10.2. The highest BCUT2D eigenvalue weighted by molar-refractivity contribution is 5.85. The highest BCUT2D eigenvalue weighted by Crippen LogP contribution is 2.39. The summed E-state index contributed by atoms with van der Waals surface area (Å²) < 4.78 is 4.03. The summed E-state index contributed by atoms with van der Waals surface area (Å²) in [6.45, 7) is 0.994. The Kier molecular flexibility index (Phi) is 5.30. The summed E-state index contributed by atoms with van der Waals surface area (Å²) >= 11 is 0. The number of nitrogens with one attached hydrogen (secondary N) is 2. The monoisotopic (exact) mass is 467 g/mol. The molecule has 2 fully saturated rings. The Morgan fingerprint density at radius 3 is 2.74 bits per heavy atom. The number of aromatic nitrogens is 4. The minimum atomic E-state index is -0.259. The van der Waals surface area contributed by atoms with Crippen LogP contribution in [0.4, 0.5) is 11.6 Å². The van der Waals surface area contributed by atoms with E-state index in [9.17, 15) is 10.1 Å². The van der Waals surface area contributed by atoms with Gasteiger partial charge in [0.2, 0.25) is 5.95 Å². The zero-order valence-corrected chi connectivity index (χ0v) is 19.9. The molecule has 0 aliphatic heterocycles. The number of pyridine rings is 1. The van der Waals surface area contributed by atoms with Gasteiger partial charge in [-0.1, -0.05) is 12.8 Å². The fourth-order valence-electron chi connectivity index (χ4n) is 5.47. The average molecular weight is 468 g/mol. The molecular formula is C27H29N7O. The predicted octanol–water partition coefficient (Wildman–Crippen LogP) is 4.62. The van der Waals surface area contributed by atoms with Crippen LogP contribution in [0.2, 0.25) is 0 Å². The minimum Gasteiger partial charge on any atom is -0.347 e. The molecule has 2 N–H and O–H groups in total. The molecular weight excluding hydrogens is 438 g/mol. The van der Waals surface area contributed by atoms with Crippen LogP contribution in [-0.4, -0.2) is 31.7 Å². The largest absolute Gasteiger partial charge is 0.347 e. The van der Waals surface area contributed by atoms with Crippen molar-refractivity contribution in [2.75, 3.05) is 12.4 Å². The van der Waals surface area contributed by atoms with E-state index in [1.54, 1.807) is 16.8 Å². The van der Waals surface area contributed by atoms with Crippen LogP contribution in [-0.2, 0) is 6.54 Å². The third-order valence-electron chi connectivity index (χ3n) is 7.83. The van der Waals surface area contributed by atoms with E-state index in [2.05, 4.69) is 51.6 Å². The van der Waals surface area contributed by atoms with E-state index >= 15 is 0 Å². The molecule has 6 rings (SSSR count). The molecule has 8 heteroatoms. The predicted molar refractivity (Wildman–Crippen MR) is 137 cm³/mol. The van der Waals surface area contributed by atoms with Crippen molar-refractivity contribution in [2.45, 2.75) is 63.1 Å². The second-order valence-electron chi connectivity index (χ2n) is 9.94. The van der Waals surface area contributed by atoms with Crippen LogP contribution in [0.5, 0.6) is 0 Å². The highest BCUT2D eigenvalue weighted by atomic mass is 16.1. The average Bonchev–Trinajstić information content (AvgIpc) is 3.25. The van der Waals surface area contributed by atoms with Gasteiger partial charge in [-0.25, -0.2) is 4.98 Å². The lowest BCUT2D eigenvalue weighted by molar-refractivity contribution is 0.470. The Hall–Kier alpha value is -3.70. The third kappa shape index (κ3) is 3.96. The molecule has 2 aliphatic rings. The van der Waals surface area contributed by atoms with Crippen LogP contribution in [0.3, 0.4) is 0 Å². The number of hydrogen-bond acceptors (Lipinski definition) is 6. The Balaban J connectivity index is 1.30. The summed E-state index contributed by atoms with van der Waals surface area (Å²) in [5.41, 5.74) is 2.91. The van der Waals surface area contributed by atoms with Gasteiger partial charge in [0.25, 0.3) is 5.56 Å². The van der Waals surface area contributed by atoms with Gasteiger partial charge < -0.3 is 15.2 Å². The van der Waals surface area contributed by atoms with Gasteiger partial charge in [0, 0.05) is 52.5 Å². The molecule has 2 aliphatic carbocycles. The Morgan fingerprint density at radius 1 is 1.17 bits per heavy atom. The van der Waals surface area contributed by atoms with Gasteiger partial charge >= 0.3 is 0 Å². The Morgan fingerprint density at radius 2 is 2.00 bits per heavy atom. The van der Waals surface area contributed by atoms with Crippen molar-refractivity contribution < 1.29 is 0 Å². The van der Waals surface area contributed by atoms with Crippen molar-refractivity contribution >= 4 is 33.6 Å². The van der Waals surface area contributed by atoms with Crippen molar-refractivity contribution in [1.82, 2.24) is 24.4 Å². The molecule has 3 heterocycles. The molecule has 4 aromatic rings. The molecule has 178 valence electrons. The lowest BCUT2D eigenvalue weighted by Crippen LogP contribution is -2.28. The van der Waals surface area contributed by atoms with Gasteiger partial charge in [-0.15, -0.1) is 0 Å². The fourth-order valence-corrected chi connectivity index (χ4v) is 5.47. The quantitative estimate of drug-likeness (QED) is 0.411. The van der Waals surface area contributed by atoms with Crippen LogP contribution in [0, 0.1) is 11.3 Å². The van der Waals surface area contributed by atoms with Crippen molar-refractivity contribution in [3.63, 3.8) is 0 Å². The van der Waals surface area contributed by atoms with E-state index in [-0.39, 0.29) is 17.2 Å². The van der Waals surface area contributed by atoms with Gasteiger partial charge in [0.1, 0.15) is 17.3 Å². The van der Waals surface area contributed by atoms with Crippen molar-refractivity contribution in [1.29, 1.82) is 5.26 Å². The van der Waals surface area contributed by atoms with Crippen LogP contribution < -0.4 is 16.2 Å². The molecule has 0 bridgehead atoms. The second-order valence-corrected chi connectivity index (χ2v) is 9.94. The summed E-state index contributed by atoms with van der Waals surface area (Å²) in [6.07, 6.45) is 11.5.